The van der Waals surface area contributed by atoms with Gasteiger partial charge in [-0.1, -0.05) is 17.3 Å². The normalized spacial score (nSPS) is 13.8. The molecule has 22 heavy (non-hydrogen) atoms. The fraction of sp³-hybridized carbons (Fsp3) is 0.312. The van der Waals surface area contributed by atoms with Crippen LogP contribution in [-0.4, -0.2) is 34.2 Å². The summed E-state index contributed by atoms with van der Waals surface area (Å²) in [5.41, 5.74) is 2.99. The molecule has 2 heterocycles. The first-order chi connectivity index (χ1) is 10.6. The zero-order valence-electron chi connectivity index (χ0n) is 12.5. The molecule has 1 aromatic carbocycles. The van der Waals surface area contributed by atoms with Crippen molar-refractivity contribution in [3.05, 3.63) is 52.4 Å². The van der Waals surface area contributed by atoms with E-state index in [-0.39, 0.29) is 11.8 Å². The van der Waals surface area contributed by atoms with E-state index in [1.54, 1.807) is 36.0 Å². The third kappa shape index (κ3) is 2.54. The molecule has 2 aromatic rings. The van der Waals surface area contributed by atoms with Gasteiger partial charge in [0.2, 0.25) is 0 Å². The van der Waals surface area contributed by atoms with Gasteiger partial charge in [-0.25, -0.2) is 0 Å². The van der Waals surface area contributed by atoms with Crippen LogP contribution in [0.4, 0.5) is 0 Å². The number of amides is 2. The average molecular weight is 316 g/mol. The van der Waals surface area contributed by atoms with Crippen molar-refractivity contribution < 1.29 is 14.1 Å². The molecule has 0 spiro atoms. The molecular weight excluding hydrogens is 300 g/mol. The quantitative estimate of drug-likeness (QED) is 0.627. The Morgan fingerprint density at radius 2 is 1.77 bits per heavy atom. The van der Waals surface area contributed by atoms with Crippen LogP contribution < -0.4 is 0 Å². The number of carbonyl (C=O) groups excluding carboxylic acids is 2. The van der Waals surface area contributed by atoms with Crippen LogP contribution in [0.3, 0.4) is 0 Å². The maximum Gasteiger partial charge on any atom is 0.261 e. The highest BCUT2D eigenvalue weighted by Crippen LogP contribution is 2.24. The van der Waals surface area contributed by atoms with E-state index in [9.17, 15) is 9.59 Å². The predicted octanol–water partition coefficient (Wildman–Crippen LogP) is 2.82. The third-order valence-corrected chi connectivity index (χ3v) is 4.73. The molecule has 1 aliphatic heterocycles. The van der Waals surface area contributed by atoms with E-state index < -0.39 is 0 Å². The Kier molecular flexibility index (Phi) is 4.02. The minimum atomic E-state index is -0.196. The molecule has 1 aromatic heterocycles. The molecule has 0 fully saturated rings. The molecule has 1 aliphatic rings. The fourth-order valence-corrected chi connectivity index (χ4v) is 3.55. The number of thioether (sulfide) groups is 1. The zero-order valence-corrected chi connectivity index (χ0v) is 13.3. The molecule has 0 N–H and O–H groups in total. The lowest BCUT2D eigenvalue weighted by Crippen LogP contribution is -2.31. The van der Waals surface area contributed by atoms with Gasteiger partial charge in [-0.05, 0) is 26.0 Å². The predicted molar refractivity (Wildman–Crippen MR) is 83.9 cm³/mol. The summed E-state index contributed by atoms with van der Waals surface area (Å²) in [6.45, 7) is 4.22. The summed E-state index contributed by atoms with van der Waals surface area (Å²) in [7, 11) is 0. The van der Waals surface area contributed by atoms with E-state index >= 15 is 0 Å². The van der Waals surface area contributed by atoms with Crippen molar-refractivity contribution in [1.29, 1.82) is 0 Å². The van der Waals surface area contributed by atoms with Gasteiger partial charge in [-0.3, -0.25) is 14.5 Å². The highest BCUT2D eigenvalue weighted by atomic mass is 32.2. The van der Waals surface area contributed by atoms with Gasteiger partial charge in [0.15, 0.2) is 0 Å². The number of fused-ring (bicyclic) bond motifs is 1. The van der Waals surface area contributed by atoms with E-state index in [0.717, 1.165) is 22.8 Å². The van der Waals surface area contributed by atoms with Gasteiger partial charge in [0.05, 0.1) is 16.8 Å². The summed E-state index contributed by atoms with van der Waals surface area (Å²) in [5.74, 6) is 1.89. The van der Waals surface area contributed by atoms with E-state index in [1.165, 1.54) is 4.90 Å². The second kappa shape index (κ2) is 5.96. The maximum absolute atomic E-state index is 12.2. The first-order valence-corrected chi connectivity index (χ1v) is 8.19. The minimum Gasteiger partial charge on any atom is -0.361 e. The van der Waals surface area contributed by atoms with Gasteiger partial charge in [-0.15, -0.1) is 0 Å². The number of aryl methyl sites for hydroxylation is 2. The molecule has 5 nitrogen and oxygen atoms in total. The number of hydrogen-bond donors (Lipinski definition) is 0. The summed E-state index contributed by atoms with van der Waals surface area (Å²) in [5, 5.41) is 3.92. The van der Waals surface area contributed by atoms with Crippen molar-refractivity contribution in [2.24, 2.45) is 0 Å². The fourth-order valence-electron chi connectivity index (χ4n) is 2.48. The average Bonchev–Trinajstić information content (AvgIpc) is 2.96. The molecule has 6 heteroatoms. The van der Waals surface area contributed by atoms with Gasteiger partial charge in [0.25, 0.3) is 11.8 Å². The number of hydrogen-bond acceptors (Lipinski definition) is 5. The molecule has 114 valence electrons. The summed E-state index contributed by atoms with van der Waals surface area (Å²) >= 11 is 1.66. The monoisotopic (exact) mass is 316 g/mol. The van der Waals surface area contributed by atoms with Crippen molar-refractivity contribution in [2.45, 2.75) is 19.6 Å². The molecule has 0 aliphatic carbocycles. The maximum atomic E-state index is 12.2. The second-order valence-corrected chi connectivity index (χ2v) is 6.27. The molecular formula is C16H16N2O3S. The van der Waals surface area contributed by atoms with Crippen LogP contribution in [0.1, 0.15) is 37.7 Å². The van der Waals surface area contributed by atoms with E-state index in [0.29, 0.717) is 23.4 Å². The Hall–Kier alpha value is -2.08. The molecule has 0 unspecified atom stereocenters. The minimum absolute atomic E-state index is 0.196. The standard InChI is InChI=1S/C16H16N2O3S/c1-10-14(11(2)21-17-10)9-22-8-7-18-15(19)12-5-3-4-6-13(12)16(18)20/h3-6H,7-9H2,1-2H3. The first-order valence-electron chi connectivity index (χ1n) is 7.04. The van der Waals surface area contributed by atoms with E-state index in [1.807, 2.05) is 13.8 Å². The summed E-state index contributed by atoms with van der Waals surface area (Å²) in [6.07, 6.45) is 0. The highest BCUT2D eigenvalue weighted by Gasteiger charge is 2.34. The lowest BCUT2D eigenvalue weighted by Gasteiger charge is -2.13. The SMILES string of the molecule is Cc1noc(C)c1CSCCN1C(=O)c2ccccc2C1=O. The van der Waals surface area contributed by atoms with Crippen LogP contribution in [0, 0.1) is 13.8 Å². The van der Waals surface area contributed by atoms with E-state index in [2.05, 4.69) is 5.16 Å². The Bertz CT molecular complexity index is 684. The van der Waals surface area contributed by atoms with Crippen LogP contribution >= 0.6 is 11.8 Å². The van der Waals surface area contributed by atoms with Gasteiger partial charge < -0.3 is 4.52 Å². The Balaban J connectivity index is 1.57. The van der Waals surface area contributed by atoms with Gasteiger partial charge >= 0.3 is 0 Å². The lowest BCUT2D eigenvalue weighted by atomic mass is 10.1. The molecule has 0 atom stereocenters. The van der Waals surface area contributed by atoms with Crippen LogP contribution in [0.25, 0.3) is 0 Å². The Morgan fingerprint density at radius 1 is 1.14 bits per heavy atom. The number of rotatable bonds is 5. The summed E-state index contributed by atoms with van der Waals surface area (Å²) < 4.78 is 5.12. The molecule has 0 bridgehead atoms. The molecule has 0 saturated heterocycles. The van der Waals surface area contributed by atoms with E-state index in [4.69, 9.17) is 4.52 Å². The largest absolute Gasteiger partial charge is 0.361 e. The summed E-state index contributed by atoms with van der Waals surface area (Å²) in [6, 6.07) is 6.96. The molecule has 0 saturated carbocycles. The number of carbonyl (C=O) groups is 2. The Labute approximate surface area is 132 Å². The van der Waals surface area contributed by atoms with Crippen LogP contribution in [0.5, 0.6) is 0 Å². The lowest BCUT2D eigenvalue weighted by molar-refractivity contribution is 0.0664. The topological polar surface area (TPSA) is 63.4 Å². The number of imide groups is 1. The third-order valence-electron chi connectivity index (χ3n) is 3.77. The van der Waals surface area contributed by atoms with Crippen LogP contribution in [0.15, 0.2) is 28.8 Å². The van der Waals surface area contributed by atoms with Gasteiger partial charge in [-0.2, -0.15) is 11.8 Å². The van der Waals surface area contributed by atoms with Gasteiger partial charge in [0, 0.05) is 23.6 Å². The number of benzene rings is 1. The molecule has 0 radical (unpaired) electrons. The van der Waals surface area contributed by atoms with Crippen molar-refractivity contribution in [3.8, 4) is 0 Å². The van der Waals surface area contributed by atoms with Crippen LogP contribution in [-0.2, 0) is 5.75 Å². The second-order valence-electron chi connectivity index (χ2n) is 5.16. The van der Waals surface area contributed by atoms with Crippen LogP contribution in [0.2, 0.25) is 0 Å². The first kappa shape index (κ1) is 14.8. The summed E-state index contributed by atoms with van der Waals surface area (Å²) in [4.78, 5) is 25.7. The van der Waals surface area contributed by atoms with Crippen molar-refractivity contribution in [3.63, 3.8) is 0 Å². The molecule has 2 amide bonds. The number of nitrogens with zero attached hydrogens (tertiary/aromatic N) is 2. The number of aromatic nitrogens is 1. The smallest absolute Gasteiger partial charge is 0.261 e. The zero-order chi connectivity index (χ0) is 15.7. The Morgan fingerprint density at radius 3 is 2.32 bits per heavy atom. The van der Waals surface area contributed by atoms with Crippen molar-refractivity contribution in [2.75, 3.05) is 12.3 Å². The molecule has 3 rings (SSSR count). The van der Waals surface area contributed by atoms with Crippen molar-refractivity contribution >= 4 is 23.6 Å². The highest BCUT2D eigenvalue weighted by molar-refractivity contribution is 7.98. The van der Waals surface area contributed by atoms with Gasteiger partial charge in [0.1, 0.15) is 5.76 Å². The van der Waals surface area contributed by atoms with Crippen molar-refractivity contribution in [1.82, 2.24) is 10.1 Å².